The molecule has 0 radical (unpaired) electrons. The minimum absolute atomic E-state index is 0. The molecule has 1 heterocycles. The minimum Gasteiger partial charge on any atom is -0.378 e. The van der Waals surface area contributed by atoms with Crippen molar-refractivity contribution in [2.75, 3.05) is 51.7 Å². The number of hydrogen-bond acceptors (Lipinski definition) is 3. The Balaban J connectivity index is 0.00000312. The Kier molecular flexibility index (Phi) is 9.02. The fourth-order valence-electron chi connectivity index (χ4n) is 2.76. The summed E-state index contributed by atoms with van der Waals surface area (Å²) in [5.74, 6) is 1.08. The van der Waals surface area contributed by atoms with Crippen LogP contribution in [0, 0.1) is 0 Å². The number of hydrogen-bond donors (Lipinski definition) is 1. The van der Waals surface area contributed by atoms with E-state index in [0.717, 1.165) is 38.7 Å². The minimum atomic E-state index is 0. The van der Waals surface area contributed by atoms with Crippen LogP contribution in [0.3, 0.4) is 0 Å². The Labute approximate surface area is 168 Å². The Hall–Kier alpha value is -1.51. The maximum Gasteiger partial charge on any atom is 0.219 e. The lowest BCUT2D eigenvalue weighted by Gasteiger charge is -2.36. The van der Waals surface area contributed by atoms with Crippen LogP contribution < -0.4 is 10.2 Å². The summed E-state index contributed by atoms with van der Waals surface area (Å²) in [6.07, 6.45) is 0. The maximum absolute atomic E-state index is 11.5. The lowest BCUT2D eigenvalue weighted by atomic mass is 10.2. The smallest absolute Gasteiger partial charge is 0.219 e. The van der Waals surface area contributed by atoms with Crippen molar-refractivity contribution in [2.24, 2.45) is 4.99 Å². The van der Waals surface area contributed by atoms with Gasteiger partial charge >= 0.3 is 0 Å². The van der Waals surface area contributed by atoms with Crippen molar-refractivity contribution in [3.8, 4) is 0 Å². The fraction of sp³-hybridized carbons (Fsp3) is 0.556. The molecule has 1 fully saturated rings. The van der Waals surface area contributed by atoms with Crippen molar-refractivity contribution < 1.29 is 4.79 Å². The molecule has 25 heavy (non-hydrogen) atoms. The Morgan fingerprint density at radius 1 is 1.20 bits per heavy atom. The predicted octanol–water partition coefficient (Wildman–Crippen LogP) is 2.00. The highest BCUT2D eigenvalue weighted by molar-refractivity contribution is 14.0. The van der Waals surface area contributed by atoms with Gasteiger partial charge in [0.05, 0.1) is 6.54 Å². The van der Waals surface area contributed by atoms with Gasteiger partial charge in [0.1, 0.15) is 0 Å². The normalized spacial score (nSPS) is 14.8. The van der Waals surface area contributed by atoms with Crippen LogP contribution in [0.4, 0.5) is 5.69 Å². The molecule has 0 spiro atoms. The van der Waals surface area contributed by atoms with Crippen LogP contribution in [-0.2, 0) is 11.3 Å². The van der Waals surface area contributed by atoms with E-state index < -0.39 is 0 Å². The van der Waals surface area contributed by atoms with Gasteiger partial charge in [-0.15, -0.1) is 24.0 Å². The summed E-state index contributed by atoms with van der Waals surface area (Å²) in [5, 5.41) is 3.37. The number of carbonyl (C=O) groups excluding carboxylic acids is 1. The first kappa shape index (κ1) is 21.5. The molecule has 1 aliphatic rings. The van der Waals surface area contributed by atoms with Gasteiger partial charge in [-0.05, 0) is 24.6 Å². The molecule has 0 unspecified atom stereocenters. The van der Waals surface area contributed by atoms with Crippen LogP contribution in [0.15, 0.2) is 29.3 Å². The number of anilines is 1. The molecule has 1 amide bonds. The number of halogens is 1. The van der Waals surface area contributed by atoms with E-state index in [9.17, 15) is 4.79 Å². The first-order valence-corrected chi connectivity index (χ1v) is 8.56. The Bertz CT molecular complexity index is 583. The molecule has 0 aliphatic carbocycles. The lowest BCUT2D eigenvalue weighted by Crippen LogP contribution is -2.53. The van der Waals surface area contributed by atoms with Crippen LogP contribution in [0.2, 0.25) is 0 Å². The van der Waals surface area contributed by atoms with E-state index in [-0.39, 0.29) is 29.9 Å². The number of amides is 1. The molecule has 1 aromatic rings. The molecular weight excluding hydrogens is 429 g/mol. The van der Waals surface area contributed by atoms with Gasteiger partial charge in [0.25, 0.3) is 0 Å². The van der Waals surface area contributed by atoms with Crippen LogP contribution in [0.5, 0.6) is 0 Å². The van der Waals surface area contributed by atoms with Gasteiger partial charge in [0.15, 0.2) is 5.96 Å². The zero-order valence-electron chi connectivity index (χ0n) is 15.7. The molecule has 1 N–H and O–H groups in total. The summed E-state index contributed by atoms with van der Waals surface area (Å²) >= 11 is 0. The molecule has 140 valence electrons. The summed E-state index contributed by atoms with van der Waals surface area (Å²) in [6, 6.07) is 8.44. The third-order valence-corrected chi connectivity index (χ3v) is 4.20. The van der Waals surface area contributed by atoms with Crippen LogP contribution in [0.25, 0.3) is 0 Å². The van der Waals surface area contributed by atoms with Gasteiger partial charge in [-0.1, -0.05) is 12.1 Å². The molecule has 1 aliphatic heterocycles. The van der Waals surface area contributed by atoms with E-state index in [1.807, 2.05) is 19.0 Å². The van der Waals surface area contributed by atoms with E-state index >= 15 is 0 Å². The topological polar surface area (TPSA) is 51.2 Å². The van der Waals surface area contributed by atoms with Gasteiger partial charge in [-0.2, -0.15) is 0 Å². The molecule has 2 rings (SSSR count). The summed E-state index contributed by atoms with van der Waals surface area (Å²) < 4.78 is 0. The number of guanidine groups is 1. The molecule has 0 atom stereocenters. The number of rotatable bonds is 4. The fourth-order valence-corrected chi connectivity index (χ4v) is 2.76. The van der Waals surface area contributed by atoms with Crippen molar-refractivity contribution in [2.45, 2.75) is 20.4 Å². The zero-order chi connectivity index (χ0) is 17.5. The average molecular weight is 459 g/mol. The van der Waals surface area contributed by atoms with E-state index in [4.69, 9.17) is 4.99 Å². The zero-order valence-corrected chi connectivity index (χ0v) is 18.0. The molecule has 1 aromatic carbocycles. The van der Waals surface area contributed by atoms with Gasteiger partial charge in [-0.25, -0.2) is 4.99 Å². The Morgan fingerprint density at radius 3 is 2.40 bits per heavy atom. The van der Waals surface area contributed by atoms with Crippen molar-refractivity contribution in [3.63, 3.8) is 0 Å². The first-order chi connectivity index (χ1) is 11.5. The number of nitrogens with zero attached hydrogens (tertiary/aromatic N) is 4. The summed E-state index contributed by atoms with van der Waals surface area (Å²) in [4.78, 5) is 22.5. The van der Waals surface area contributed by atoms with E-state index in [0.29, 0.717) is 6.54 Å². The molecule has 1 saturated heterocycles. The maximum atomic E-state index is 11.5. The van der Waals surface area contributed by atoms with E-state index in [1.165, 1.54) is 11.3 Å². The quantitative estimate of drug-likeness (QED) is 0.425. The SMILES string of the molecule is CCNC(=NCc1cccc(N(C)C)c1)N1CCN(C(C)=O)CC1.I. The van der Waals surface area contributed by atoms with E-state index in [1.54, 1.807) is 6.92 Å². The number of piperazine rings is 1. The molecule has 0 bridgehead atoms. The second-order valence-corrected chi connectivity index (χ2v) is 6.23. The Morgan fingerprint density at radius 2 is 1.84 bits per heavy atom. The van der Waals surface area contributed by atoms with Gasteiger partial charge in [0.2, 0.25) is 5.91 Å². The van der Waals surface area contributed by atoms with Gasteiger partial charge in [0, 0.05) is 59.4 Å². The molecular formula is C18H30IN5O. The highest BCUT2D eigenvalue weighted by Gasteiger charge is 2.20. The third-order valence-electron chi connectivity index (χ3n) is 4.20. The molecule has 7 heteroatoms. The third kappa shape index (κ3) is 6.37. The van der Waals surface area contributed by atoms with Crippen LogP contribution in [0.1, 0.15) is 19.4 Å². The highest BCUT2D eigenvalue weighted by atomic mass is 127. The molecule has 0 aromatic heterocycles. The van der Waals surface area contributed by atoms with Crippen molar-refractivity contribution >= 4 is 41.5 Å². The summed E-state index contributed by atoms with van der Waals surface area (Å²) in [5.41, 5.74) is 2.38. The number of nitrogens with one attached hydrogen (secondary N) is 1. The number of aliphatic imine (C=N–C) groups is 1. The van der Waals surface area contributed by atoms with Crippen LogP contribution in [-0.4, -0.2) is 68.5 Å². The average Bonchev–Trinajstić information content (AvgIpc) is 2.59. The van der Waals surface area contributed by atoms with Crippen molar-refractivity contribution in [1.29, 1.82) is 0 Å². The lowest BCUT2D eigenvalue weighted by molar-refractivity contribution is -0.130. The summed E-state index contributed by atoms with van der Waals surface area (Å²) in [6.45, 7) is 8.36. The molecule has 6 nitrogen and oxygen atoms in total. The highest BCUT2D eigenvalue weighted by Crippen LogP contribution is 2.14. The second kappa shape index (κ2) is 10.5. The monoisotopic (exact) mass is 459 g/mol. The van der Waals surface area contributed by atoms with Crippen LogP contribution >= 0.6 is 24.0 Å². The predicted molar refractivity (Wildman–Crippen MR) is 115 cm³/mol. The van der Waals surface area contributed by atoms with Gasteiger partial charge in [-0.3, -0.25) is 4.79 Å². The largest absolute Gasteiger partial charge is 0.378 e. The van der Waals surface area contributed by atoms with E-state index in [2.05, 4.69) is 46.3 Å². The number of carbonyl (C=O) groups is 1. The van der Waals surface area contributed by atoms with Crippen molar-refractivity contribution in [3.05, 3.63) is 29.8 Å². The van der Waals surface area contributed by atoms with Gasteiger partial charge < -0.3 is 20.0 Å². The first-order valence-electron chi connectivity index (χ1n) is 8.56. The van der Waals surface area contributed by atoms with Crippen molar-refractivity contribution in [1.82, 2.24) is 15.1 Å². The molecule has 0 saturated carbocycles. The standard InChI is InChI=1S/C18H29N5O.HI/c1-5-19-18(23-11-9-22(10-12-23)15(2)24)20-14-16-7-6-8-17(13-16)21(3)4;/h6-8,13H,5,9-12,14H2,1-4H3,(H,19,20);1H. The summed E-state index contributed by atoms with van der Waals surface area (Å²) in [7, 11) is 4.09. The second-order valence-electron chi connectivity index (χ2n) is 6.23. The number of benzene rings is 1.